The summed E-state index contributed by atoms with van der Waals surface area (Å²) in [6.07, 6.45) is 0. The van der Waals surface area contributed by atoms with Crippen LogP contribution in [0.4, 0.5) is 0 Å². The van der Waals surface area contributed by atoms with E-state index in [1.165, 1.54) is 32.7 Å². The molecule has 0 heterocycles. The third kappa shape index (κ3) is 7.44. The van der Waals surface area contributed by atoms with Gasteiger partial charge in [-0.1, -0.05) is 164 Å². The standard InChI is InChI=1S/C56H46O4/c1-56(45-21-3-2-4-22-45,46-27-29-54(59-33-31-57)52(37-46)43-19-9-17-41(35-43)50-25-11-15-39-13-5-7-23-48(39)50)47-28-30-55(60-34-32-58)53(38-47)44-20-10-18-42(36-44)51-26-12-16-40-14-6-8-24-49(40)51/h2-30,35-38,57-58H,31-34H2,1H3. The monoisotopic (exact) mass is 782 g/mol. The summed E-state index contributed by atoms with van der Waals surface area (Å²) >= 11 is 0. The lowest BCUT2D eigenvalue weighted by atomic mass is 9.70. The van der Waals surface area contributed by atoms with E-state index in [0.717, 1.165) is 50.1 Å². The molecule has 0 spiro atoms. The Kier molecular flexibility index (Phi) is 11.0. The van der Waals surface area contributed by atoms with Crippen molar-refractivity contribution in [1.29, 1.82) is 0 Å². The minimum absolute atomic E-state index is 0.0891. The molecule has 0 aromatic heterocycles. The molecular weight excluding hydrogens is 737 g/mol. The zero-order valence-corrected chi connectivity index (χ0v) is 33.6. The van der Waals surface area contributed by atoms with Gasteiger partial charge >= 0.3 is 0 Å². The van der Waals surface area contributed by atoms with Crippen molar-refractivity contribution in [2.24, 2.45) is 0 Å². The number of benzene rings is 9. The largest absolute Gasteiger partial charge is 0.491 e. The summed E-state index contributed by atoms with van der Waals surface area (Å²) in [5.74, 6) is 1.41. The van der Waals surface area contributed by atoms with Gasteiger partial charge in [0.2, 0.25) is 0 Å². The van der Waals surface area contributed by atoms with Crippen LogP contribution in [0.15, 0.2) is 200 Å². The molecular formula is C56H46O4. The number of aliphatic hydroxyl groups excluding tert-OH is 2. The quantitative estimate of drug-likeness (QED) is 0.114. The van der Waals surface area contributed by atoms with Gasteiger partial charge in [-0.2, -0.15) is 0 Å². The average molecular weight is 783 g/mol. The van der Waals surface area contributed by atoms with Gasteiger partial charge in [0.15, 0.2) is 0 Å². The molecule has 0 amide bonds. The van der Waals surface area contributed by atoms with Crippen molar-refractivity contribution in [3.63, 3.8) is 0 Å². The second-order valence-electron chi connectivity index (χ2n) is 15.3. The lowest BCUT2D eigenvalue weighted by molar-refractivity contribution is 0.202. The highest BCUT2D eigenvalue weighted by Crippen LogP contribution is 2.46. The van der Waals surface area contributed by atoms with Crippen LogP contribution < -0.4 is 9.47 Å². The molecule has 0 aliphatic heterocycles. The Labute approximate surface area is 351 Å². The van der Waals surface area contributed by atoms with Gasteiger partial charge in [0.25, 0.3) is 0 Å². The molecule has 0 saturated carbocycles. The molecule has 0 saturated heterocycles. The van der Waals surface area contributed by atoms with Crippen molar-refractivity contribution in [2.75, 3.05) is 26.4 Å². The molecule has 9 aromatic rings. The van der Waals surface area contributed by atoms with Crippen LogP contribution in [0, 0.1) is 0 Å². The predicted octanol–water partition coefficient (Wildman–Crippen LogP) is 12.8. The van der Waals surface area contributed by atoms with Crippen LogP contribution in [0.1, 0.15) is 23.6 Å². The van der Waals surface area contributed by atoms with E-state index in [1.807, 2.05) is 12.1 Å². The van der Waals surface area contributed by atoms with E-state index in [0.29, 0.717) is 11.5 Å². The van der Waals surface area contributed by atoms with Gasteiger partial charge in [0.05, 0.1) is 13.2 Å². The van der Waals surface area contributed by atoms with Gasteiger partial charge in [0.1, 0.15) is 24.7 Å². The van der Waals surface area contributed by atoms with E-state index in [1.54, 1.807) is 0 Å². The number of ether oxygens (including phenoxy) is 2. The van der Waals surface area contributed by atoms with Crippen LogP contribution in [-0.4, -0.2) is 36.6 Å². The number of hydrogen-bond donors (Lipinski definition) is 2. The Morgan fingerprint density at radius 3 is 1.23 bits per heavy atom. The zero-order valence-electron chi connectivity index (χ0n) is 33.6. The fourth-order valence-electron chi connectivity index (χ4n) is 8.63. The Morgan fingerprint density at radius 1 is 0.367 bits per heavy atom. The molecule has 60 heavy (non-hydrogen) atoms. The minimum Gasteiger partial charge on any atom is -0.491 e. The van der Waals surface area contributed by atoms with Gasteiger partial charge in [-0.25, -0.2) is 0 Å². The first-order valence-electron chi connectivity index (χ1n) is 20.5. The Balaban J connectivity index is 1.21. The molecule has 4 heteroatoms. The maximum absolute atomic E-state index is 9.84. The van der Waals surface area contributed by atoms with Crippen molar-refractivity contribution >= 4 is 21.5 Å². The smallest absolute Gasteiger partial charge is 0.127 e. The lowest BCUT2D eigenvalue weighted by Crippen LogP contribution is -2.25. The van der Waals surface area contributed by atoms with Crippen molar-refractivity contribution < 1.29 is 19.7 Å². The lowest BCUT2D eigenvalue weighted by Gasteiger charge is -2.33. The van der Waals surface area contributed by atoms with Crippen LogP contribution in [0.5, 0.6) is 11.5 Å². The number of rotatable bonds is 13. The number of hydrogen-bond acceptors (Lipinski definition) is 4. The first-order valence-corrected chi connectivity index (χ1v) is 20.5. The Hall–Kier alpha value is -6.98. The highest BCUT2D eigenvalue weighted by atomic mass is 16.5. The van der Waals surface area contributed by atoms with E-state index in [-0.39, 0.29) is 26.4 Å². The number of fused-ring (bicyclic) bond motifs is 2. The summed E-state index contributed by atoms with van der Waals surface area (Å²) in [4.78, 5) is 0. The fraction of sp³-hybridized carbons (Fsp3) is 0.107. The molecule has 0 atom stereocenters. The third-order valence-corrected chi connectivity index (χ3v) is 11.7. The van der Waals surface area contributed by atoms with E-state index in [2.05, 4.69) is 195 Å². The van der Waals surface area contributed by atoms with Gasteiger partial charge in [-0.3, -0.25) is 0 Å². The van der Waals surface area contributed by atoms with Gasteiger partial charge in [0, 0.05) is 16.5 Å². The second-order valence-corrected chi connectivity index (χ2v) is 15.3. The first kappa shape index (κ1) is 38.5. The van der Waals surface area contributed by atoms with Crippen molar-refractivity contribution in [3.8, 4) is 56.0 Å². The maximum atomic E-state index is 9.84. The summed E-state index contributed by atoms with van der Waals surface area (Å²) in [5.41, 5.74) is 11.1. The molecule has 0 radical (unpaired) electrons. The van der Waals surface area contributed by atoms with Crippen molar-refractivity contribution in [3.05, 3.63) is 217 Å². The third-order valence-electron chi connectivity index (χ3n) is 11.7. The summed E-state index contributed by atoms with van der Waals surface area (Å²) < 4.78 is 12.5. The summed E-state index contributed by atoms with van der Waals surface area (Å²) in [6, 6.07) is 70.6. The Bertz CT molecular complexity index is 2740. The molecule has 294 valence electrons. The molecule has 9 aromatic carbocycles. The topological polar surface area (TPSA) is 58.9 Å². The van der Waals surface area contributed by atoms with Gasteiger partial charge < -0.3 is 19.7 Å². The maximum Gasteiger partial charge on any atom is 0.127 e. The SMILES string of the molecule is CC(c1ccccc1)(c1ccc(OCCO)c(-c2cccc(-c3cccc4ccccc34)c2)c1)c1ccc(OCCO)c(-c2cccc(-c3cccc4ccccc34)c2)c1. The predicted molar refractivity (Wildman–Crippen MR) is 247 cm³/mol. The summed E-state index contributed by atoms with van der Waals surface area (Å²) in [5, 5.41) is 24.5. The fourth-order valence-corrected chi connectivity index (χ4v) is 8.63. The van der Waals surface area contributed by atoms with Crippen LogP contribution in [-0.2, 0) is 5.41 Å². The minimum atomic E-state index is -0.629. The van der Waals surface area contributed by atoms with E-state index in [9.17, 15) is 10.2 Å². The highest BCUT2D eigenvalue weighted by molar-refractivity contribution is 5.98. The molecule has 9 rings (SSSR count). The molecule has 0 aliphatic carbocycles. The van der Waals surface area contributed by atoms with Crippen molar-refractivity contribution in [2.45, 2.75) is 12.3 Å². The van der Waals surface area contributed by atoms with Crippen LogP contribution in [0.25, 0.3) is 66.1 Å². The van der Waals surface area contributed by atoms with Crippen LogP contribution in [0.2, 0.25) is 0 Å². The zero-order chi connectivity index (χ0) is 40.9. The van der Waals surface area contributed by atoms with E-state index in [4.69, 9.17) is 9.47 Å². The molecule has 2 N–H and O–H groups in total. The van der Waals surface area contributed by atoms with Crippen LogP contribution >= 0.6 is 0 Å². The van der Waals surface area contributed by atoms with Crippen molar-refractivity contribution in [1.82, 2.24) is 0 Å². The summed E-state index contributed by atoms with van der Waals surface area (Å²) in [7, 11) is 0. The normalized spacial score (nSPS) is 11.5. The molecule has 0 unspecified atom stereocenters. The molecule has 0 bridgehead atoms. The Morgan fingerprint density at radius 2 is 0.767 bits per heavy atom. The molecule has 4 nitrogen and oxygen atoms in total. The average Bonchev–Trinajstić information content (AvgIpc) is 3.32. The van der Waals surface area contributed by atoms with Gasteiger partial charge in [-0.05, 0) is 115 Å². The summed E-state index contributed by atoms with van der Waals surface area (Å²) in [6.45, 7) is 2.47. The van der Waals surface area contributed by atoms with Gasteiger partial charge in [-0.15, -0.1) is 0 Å². The molecule has 0 aliphatic rings. The number of aliphatic hydroxyl groups is 2. The van der Waals surface area contributed by atoms with Crippen LogP contribution in [0.3, 0.4) is 0 Å². The second kappa shape index (κ2) is 17.1. The first-order chi connectivity index (χ1) is 29.5. The highest BCUT2D eigenvalue weighted by Gasteiger charge is 2.33. The van der Waals surface area contributed by atoms with E-state index < -0.39 is 5.41 Å². The van der Waals surface area contributed by atoms with E-state index >= 15 is 0 Å². The molecule has 0 fully saturated rings.